The van der Waals surface area contributed by atoms with Crippen LogP contribution >= 0.6 is 23.4 Å². The van der Waals surface area contributed by atoms with Crippen molar-refractivity contribution < 1.29 is 9.53 Å². The van der Waals surface area contributed by atoms with E-state index in [-0.39, 0.29) is 12.1 Å². The molecule has 3 rings (SSSR count). The van der Waals surface area contributed by atoms with Crippen LogP contribution in [0.1, 0.15) is 25.7 Å². The number of anilines is 1. The molecule has 0 saturated heterocycles. The van der Waals surface area contributed by atoms with Gasteiger partial charge in [-0.1, -0.05) is 23.4 Å². The van der Waals surface area contributed by atoms with E-state index >= 15 is 0 Å². The molecule has 1 aromatic heterocycles. The number of carbonyl (C=O) groups is 1. The second-order valence-corrected chi connectivity index (χ2v) is 7.75. The number of aromatic nitrogens is 2. The van der Waals surface area contributed by atoms with Crippen LogP contribution in [-0.4, -0.2) is 34.4 Å². The first-order valence-electron chi connectivity index (χ1n) is 8.49. The number of nitrogens with one attached hydrogen (secondary N) is 2. The zero-order valence-corrected chi connectivity index (χ0v) is 16.0. The molecule has 0 aliphatic heterocycles. The van der Waals surface area contributed by atoms with Gasteiger partial charge in [0.15, 0.2) is 5.16 Å². The molecular formula is C18H21ClN4O2S. The van der Waals surface area contributed by atoms with E-state index in [4.69, 9.17) is 16.3 Å². The Labute approximate surface area is 162 Å². The largest absolute Gasteiger partial charge is 0.495 e. The van der Waals surface area contributed by atoms with Crippen molar-refractivity contribution in [2.24, 2.45) is 0 Å². The van der Waals surface area contributed by atoms with Gasteiger partial charge in [-0.05, 0) is 49.9 Å². The molecule has 1 heterocycles. The molecular weight excluding hydrogens is 372 g/mol. The number of methoxy groups -OCH3 is 1. The Kier molecular flexibility index (Phi) is 6.57. The highest BCUT2D eigenvalue weighted by Gasteiger charge is 2.23. The summed E-state index contributed by atoms with van der Waals surface area (Å²) < 4.78 is 5.11. The summed E-state index contributed by atoms with van der Waals surface area (Å²) in [6.07, 6.45) is 7.48. The second kappa shape index (κ2) is 9.09. The lowest BCUT2D eigenvalue weighted by Crippen LogP contribution is -2.40. The highest BCUT2D eigenvalue weighted by Crippen LogP contribution is 2.32. The van der Waals surface area contributed by atoms with Gasteiger partial charge in [0, 0.05) is 29.4 Å². The van der Waals surface area contributed by atoms with Crippen LogP contribution in [-0.2, 0) is 0 Å². The fraction of sp³-hybridized carbons (Fsp3) is 0.389. The minimum Gasteiger partial charge on any atom is -0.495 e. The number of amides is 2. The molecule has 0 radical (unpaired) electrons. The van der Waals surface area contributed by atoms with E-state index in [1.807, 2.05) is 6.07 Å². The van der Waals surface area contributed by atoms with E-state index in [0.717, 1.165) is 30.8 Å². The summed E-state index contributed by atoms with van der Waals surface area (Å²) in [5.41, 5.74) is 0.638. The molecule has 1 fully saturated rings. The Morgan fingerprint density at radius 2 is 1.96 bits per heavy atom. The molecule has 1 aromatic carbocycles. The fourth-order valence-electron chi connectivity index (χ4n) is 2.92. The van der Waals surface area contributed by atoms with Gasteiger partial charge >= 0.3 is 6.03 Å². The van der Waals surface area contributed by atoms with Crippen LogP contribution in [0.15, 0.2) is 41.8 Å². The summed E-state index contributed by atoms with van der Waals surface area (Å²) in [6.45, 7) is 0. The van der Waals surface area contributed by atoms with Gasteiger partial charge < -0.3 is 15.4 Å². The van der Waals surface area contributed by atoms with Crippen LogP contribution in [0.4, 0.5) is 10.5 Å². The predicted molar refractivity (Wildman–Crippen MR) is 104 cm³/mol. The lowest BCUT2D eigenvalue weighted by Gasteiger charge is -2.28. The molecule has 0 spiro atoms. The molecule has 1 saturated carbocycles. The Balaban J connectivity index is 1.44. The maximum absolute atomic E-state index is 12.2. The van der Waals surface area contributed by atoms with Crippen LogP contribution in [0, 0.1) is 0 Å². The van der Waals surface area contributed by atoms with Crippen molar-refractivity contribution in [3.63, 3.8) is 0 Å². The molecule has 1 aliphatic carbocycles. The number of thioether (sulfide) groups is 1. The molecule has 2 N–H and O–H groups in total. The smallest absolute Gasteiger partial charge is 0.319 e. The quantitative estimate of drug-likeness (QED) is 0.739. The van der Waals surface area contributed by atoms with Crippen molar-refractivity contribution in [3.8, 4) is 5.75 Å². The zero-order valence-electron chi connectivity index (χ0n) is 14.4. The predicted octanol–water partition coefficient (Wildman–Crippen LogP) is 4.36. The van der Waals surface area contributed by atoms with Gasteiger partial charge in [0.1, 0.15) is 5.75 Å². The number of benzene rings is 1. The molecule has 0 bridgehead atoms. The number of hydrogen-bond donors (Lipinski definition) is 2. The Hall–Kier alpha value is -1.99. The van der Waals surface area contributed by atoms with E-state index in [0.29, 0.717) is 21.7 Å². The first kappa shape index (κ1) is 18.8. The highest BCUT2D eigenvalue weighted by molar-refractivity contribution is 7.99. The number of ether oxygens (including phenoxy) is 1. The van der Waals surface area contributed by atoms with E-state index in [2.05, 4.69) is 20.6 Å². The number of rotatable bonds is 5. The lowest BCUT2D eigenvalue weighted by atomic mass is 9.95. The zero-order chi connectivity index (χ0) is 18.4. The van der Waals surface area contributed by atoms with Gasteiger partial charge in [0.25, 0.3) is 0 Å². The van der Waals surface area contributed by atoms with Crippen LogP contribution in [0.2, 0.25) is 5.02 Å². The molecule has 6 nitrogen and oxygen atoms in total. The SMILES string of the molecule is COc1ccc(NC(=O)NC2CCC(Sc3ncccn3)CC2)cc1Cl. The summed E-state index contributed by atoms with van der Waals surface area (Å²) in [6, 6.07) is 6.95. The van der Waals surface area contributed by atoms with Crippen molar-refractivity contribution >= 4 is 35.1 Å². The first-order chi connectivity index (χ1) is 12.6. The van der Waals surface area contributed by atoms with Crippen molar-refractivity contribution in [1.29, 1.82) is 0 Å². The van der Waals surface area contributed by atoms with Crippen LogP contribution in [0.5, 0.6) is 5.75 Å². The number of urea groups is 1. The standard InChI is InChI=1S/C18H21ClN4O2S/c1-25-16-8-5-13(11-15(16)19)23-17(24)22-12-3-6-14(7-4-12)26-18-20-9-2-10-21-18/h2,5,8-12,14H,3-4,6-7H2,1H3,(H2,22,23,24). The summed E-state index contributed by atoms with van der Waals surface area (Å²) in [5, 5.41) is 7.63. The first-order valence-corrected chi connectivity index (χ1v) is 9.74. The molecule has 2 aromatic rings. The summed E-state index contributed by atoms with van der Waals surface area (Å²) >= 11 is 7.79. The number of halogens is 1. The van der Waals surface area contributed by atoms with E-state index < -0.39 is 0 Å². The van der Waals surface area contributed by atoms with Crippen molar-refractivity contribution in [2.45, 2.75) is 42.1 Å². The van der Waals surface area contributed by atoms with Crippen molar-refractivity contribution in [2.75, 3.05) is 12.4 Å². The van der Waals surface area contributed by atoms with Crippen molar-refractivity contribution in [3.05, 3.63) is 41.7 Å². The normalized spacial score (nSPS) is 19.6. The van der Waals surface area contributed by atoms with Gasteiger partial charge in [0.2, 0.25) is 0 Å². The molecule has 26 heavy (non-hydrogen) atoms. The van der Waals surface area contributed by atoms with Gasteiger partial charge in [-0.3, -0.25) is 0 Å². The average molecular weight is 393 g/mol. The maximum Gasteiger partial charge on any atom is 0.319 e. The third-order valence-corrected chi connectivity index (χ3v) is 5.75. The monoisotopic (exact) mass is 392 g/mol. The van der Waals surface area contributed by atoms with E-state index in [1.165, 1.54) is 0 Å². The minimum absolute atomic E-state index is 0.178. The Morgan fingerprint density at radius 3 is 2.62 bits per heavy atom. The average Bonchev–Trinajstić information content (AvgIpc) is 2.64. The molecule has 2 amide bonds. The molecule has 8 heteroatoms. The van der Waals surface area contributed by atoms with Gasteiger partial charge in [-0.2, -0.15) is 0 Å². The molecule has 138 valence electrons. The van der Waals surface area contributed by atoms with Crippen molar-refractivity contribution in [1.82, 2.24) is 15.3 Å². The van der Waals surface area contributed by atoms with Crippen LogP contribution < -0.4 is 15.4 Å². The summed E-state index contributed by atoms with van der Waals surface area (Å²) in [5.74, 6) is 0.579. The van der Waals surface area contributed by atoms with E-state index in [1.54, 1.807) is 49.5 Å². The molecule has 0 unspecified atom stereocenters. The van der Waals surface area contributed by atoms with Gasteiger partial charge in [0.05, 0.1) is 12.1 Å². The topological polar surface area (TPSA) is 76.1 Å². The third-order valence-electron chi connectivity index (χ3n) is 4.23. The lowest BCUT2D eigenvalue weighted by molar-refractivity contribution is 0.244. The number of hydrogen-bond acceptors (Lipinski definition) is 5. The fourth-order valence-corrected chi connectivity index (χ4v) is 4.22. The van der Waals surface area contributed by atoms with Gasteiger partial charge in [-0.15, -0.1) is 0 Å². The number of nitrogens with zero attached hydrogens (tertiary/aromatic N) is 2. The maximum atomic E-state index is 12.2. The minimum atomic E-state index is -0.214. The van der Waals surface area contributed by atoms with Crippen LogP contribution in [0.3, 0.4) is 0 Å². The Bertz CT molecular complexity index is 739. The molecule has 0 atom stereocenters. The summed E-state index contributed by atoms with van der Waals surface area (Å²) in [4.78, 5) is 20.7. The van der Waals surface area contributed by atoms with Crippen LogP contribution in [0.25, 0.3) is 0 Å². The highest BCUT2D eigenvalue weighted by atomic mass is 35.5. The second-order valence-electron chi connectivity index (χ2n) is 6.07. The van der Waals surface area contributed by atoms with E-state index in [9.17, 15) is 4.79 Å². The Morgan fingerprint density at radius 1 is 1.23 bits per heavy atom. The number of carbonyl (C=O) groups excluding carboxylic acids is 1. The molecule has 1 aliphatic rings. The van der Waals surface area contributed by atoms with Gasteiger partial charge in [-0.25, -0.2) is 14.8 Å². The third kappa shape index (κ3) is 5.25. The summed E-state index contributed by atoms with van der Waals surface area (Å²) in [7, 11) is 1.56.